The quantitative estimate of drug-likeness (QED) is 0.578. The van der Waals surface area contributed by atoms with Gasteiger partial charge in [0.25, 0.3) is 5.91 Å². The minimum atomic E-state index is -0.617. The Morgan fingerprint density at radius 1 is 1.07 bits per heavy atom. The lowest BCUT2D eigenvalue weighted by atomic mass is 10.1. The van der Waals surface area contributed by atoms with Crippen molar-refractivity contribution in [1.29, 1.82) is 0 Å². The lowest BCUT2D eigenvalue weighted by molar-refractivity contribution is -0.119. The Kier molecular flexibility index (Phi) is 8.24. The van der Waals surface area contributed by atoms with Crippen LogP contribution in [0.5, 0.6) is 0 Å². The molecule has 0 heterocycles. The summed E-state index contributed by atoms with van der Waals surface area (Å²) in [6.45, 7) is 7.39. The Balaban J connectivity index is 1.85. The topological polar surface area (TPSA) is 96.5 Å². The van der Waals surface area contributed by atoms with Crippen LogP contribution in [0, 0.1) is 13.8 Å². The highest BCUT2D eigenvalue weighted by molar-refractivity contribution is 6.34. The molecular formula is C22H26ClN3O4. The number of carbonyl (C=O) groups excluding carboxylic acids is 3. The van der Waals surface area contributed by atoms with E-state index >= 15 is 0 Å². The minimum absolute atomic E-state index is 0.0466. The molecule has 160 valence electrons. The van der Waals surface area contributed by atoms with E-state index < -0.39 is 18.5 Å². The Hall–Kier alpha value is -3.06. The highest BCUT2D eigenvalue weighted by Gasteiger charge is 2.13. The normalized spacial score (nSPS) is 10.5. The summed E-state index contributed by atoms with van der Waals surface area (Å²) < 4.78 is 5.07. The van der Waals surface area contributed by atoms with Gasteiger partial charge in [-0.05, 0) is 62.6 Å². The van der Waals surface area contributed by atoms with Crippen LogP contribution in [0.25, 0.3) is 0 Å². The molecule has 30 heavy (non-hydrogen) atoms. The number of amides is 3. The van der Waals surface area contributed by atoms with Gasteiger partial charge in [0.05, 0.1) is 16.3 Å². The number of urea groups is 1. The molecular weight excluding hydrogens is 406 g/mol. The van der Waals surface area contributed by atoms with Crippen molar-refractivity contribution in [2.24, 2.45) is 0 Å². The summed E-state index contributed by atoms with van der Waals surface area (Å²) in [6.07, 6.45) is 0. The van der Waals surface area contributed by atoms with Crippen molar-refractivity contribution >= 4 is 35.2 Å². The molecule has 0 fully saturated rings. The number of halogens is 1. The molecule has 0 saturated heterocycles. The van der Waals surface area contributed by atoms with Gasteiger partial charge in [-0.1, -0.05) is 29.8 Å². The fourth-order valence-corrected chi connectivity index (χ4v) is 3.09. The second-order valence-electron chi connectivity index (χ2n) is 7.24. The second kappa shape index (κ2) is 10.6. The first-order valence-electron chi connectivity index (χ1n) is 9.52. The molecule has 8 heteroatoms. The van der Waals surface area contributed by atoms with Crippen molar-refractivity contribution < 1.29 is 19.1 Å². The second-order valence-corrected chi connectivity index (χ2v) is 7.65. The van der Waals surface area contributed by atoms with E-state index in [0.29, 0.717) is 22.8 Å². The number of hydrogen-bond acceptors (Lipinski definition) is 4. The zero-order chi connectivity index (χ0) is 22.3. The van der Waals surface area contributed by atoms with Crippen molar-refractivity contribution in [2.45, 2.75) is 40.3 Å². The van der Waals surface area contributed by atoms with Crippen molar-refractivity contribution in [3.8, 4) is 0 Å². The van der Waals surface area contributed by atoms with Gasteiger partial charge in [-0.3, -0.25) is 4.79 Å². The lowest BCUT2D eigenvalue weighted by Crippen LogP contribution is -2.39. The summed E-state index contributed by atoms with van der Waals surface area (Å²) in [4.78, 5) is 35.9. The van der Waals surface area contributed by atoms with E-state index in [-0.39, 0.29) is 12.1 Å². The van der Waals surface area contributed by atoms with E-state index in [1.54, 1.807) is 30.3 Å². The summed E-state index contributed by atoms with van der Waals surface area (Å²) in [7, 11) is 0. The van der Waals surface area contributed by atoms with Gasteiger partial charge in [-0.25, -0.2) is 9.59 Å². The highest BCUT2D eigenvalue weighted by atomic mass is 35.5. The monoisotopic (exact) mass is 431 g/mol. The number of esters is 1. The van der Waals surface area contributed by atoms with Gasteiger partial charge in [-0.15, -0.1) is 0 Å². The smallest absolute Gasteiger partial charge is 0.338 e. The summed E-state index contributed by atoms with van der Waals surface area (Å²) in [5, 5.41) is 8.55. The van der Waals surface area contributed by atoms with Crippen LogP contribution in [0.2, 0.25) is 5.02 Å². The first-order chi connectivity index (χ1) is 14.2. The molecule has 2 aromatic carbocycles. The minimum Gasteiger partial charge on any atom is -0.452 e. The zero-order valence-electron chi connectivity index (χ0n) is 17.5. The number of carbonyl (C=O) groups is 3. The molecule has 0 aliphatic heterocycles. The molecule has 0 radical (unpaired) electrons. The van der Waals surface area contributed by atoms with Gasteiger partial charge in [0, 0.05) is 12.6 Å². The van der Waals surface area contributed by atoms with Crippen molar-refractivity contribution in [3.05, 3.63) is 63.7 Å². The lowest BCUT2D eigenvalue weighted by Gasteiger charge is -2.12. The third kappa shape index (κ3) is 7.08. The molecule has 3 N–H and O–H groups in total. The predicted molar refractivity (Wildman–Crippen MR) is 117 cm³/mol. The third-order valence-corrected chi connectivity index (χ3v) is 4.39. The van der Waals surface area contributed by atoms with Gasteiger partial charge < -0.3 is 20.7 Å². The van der Waals surface area contributed by atoms with Gasteiger partial charge in [-0.2, -0.15) is 0 Å². The first-order valence-corrected chi connectivity index (χ1v) is 9.90. The number of rotatable bonds is 7. The summed E-state index contributed by atoms with van der Waals surface area (Å²) in [5.41, 5.74) is 3.45. The van der Waals surface area contributed by atoms with E-state index in [4.69, 9.17) is 16.3 Å². The Morgan fingerprint density at radius 3 is 2.33 bits per heavy atom. The fourth-order valence-electron chi connectivity index (χ4n) is 2.72. The number of ether oxygens (including phenoxy) is 1. The molecule has 0 aromatic heterocycles. The van der Waals surface area contributed by atoms with Crippen LogP contribution in [-0.2, 0) is 16.1 Å². The zero-order valence-corrected chi connectivity index (χ0v) is 18.2. The van der Waals surface area contributed by atoms with E-state index in [2.05, 4.69) is 16.0 Å². The molecule has 0 saturated carbocycles. The summed E-state index contributed by atoms with van der Waals surface area (Å²) >= 11 is 6.17. The molecule has 3 amide bonds. The molecule has 0 bridgehead atoms. The average Bonchev–Trinajstić information content (AvgIpc) is 2.67. The number of aryl methyl sites for hydroxylation is 2. The van der Waals surface area contributed by atoms with Crippen LogP contribution in [0.15, 0.2) is 36.4 Å². The Bertz CT molecular complexity index is 903. The SMILES string of the molecule is Cc1cc(C)c(NC(=O)COC(=O)c2ccc(CNC(=O)NC(C)C)cc2)c(Cl)c1. The highest BCUT2D eigenvalue weighted by Crippen LogP contribution is 2.27. The molecule has 0 aliphatic rings. The molecule has 2 rings (SSSR count). The van der Waals surface area contributed by atoms with Gasteiger partial charge in [0.15, 0.2) is 6.61 Å². The standard InChI is InChI=1S/C22H26ClN3O4/c1-13(2)25-22(29)24-11-16-5-7-17(8-6-16)21(28)30-12-19(27)26-20-15(4)9-14(3)10-18(20)23/h5-10,13H,11-12H2,1-4H3,(H,26,27)(H2,24,25,29). The van der Waals surface area contributed by atoms with Crippen molar-refractivity contribution in [3.63, 3.8) is 0 Å². The number of hydrogen-bond donors (Lipinski definition) is 3. The maximum Gasteiger partial charge on any atom is 0.338 e. The Labute approximate surface area is 181 Å². The molecule has 0 unspecified atom stereocenters. The van der Waals surface area contributed by atoms with E-state index in [9.17, 15) is 14.4 Å². The largest absolute Gasteiger partial charge is 0.452 e. The van der Waals surface area contributed by atoms with Crippen molar-refractivity contribution in [2.75, 3.05) is 11.9 Å². The van der Waals surface area contributed by atoms with Crippen molar-refractivity contribution in [1.82, 2.24) is 10.6 Å². The molecule has 0 spiro atoms. The maximum absolute atomic E-state index is 12.2. The number of benzene rings is 2. The predicted octanol–water partition coefficient (Wildman–Crippen LogP) is 3.96. The Morgan fingerprint density at radius 2 is 1.73 bits per heavy atom. The average molecular weight is 432 g/mol. The van der Waals surface area contributed by atoms with Crippen LogP contribution in [0.4, 0.5) is 10.5 Å². The van der Waals surface area contributed by atoms with Crippen LogP contribution in [0.1, 0.15) is 40.9 Å². The van der Waals surface area contributed by atoms with Gasteiger partial charge >= 0.3 is 12.0 Å². The maximum atomic E-state index is 12.2. The number of nitrogens with one attached hydrogen (secondary N) is 3. The van der Waals surface area contributed by atoms with Crippen LogP contribution in [-0.4, -0.2) is 30.6 Å². The van der Waals surface area contributed by atoms with Crippen LogP contribution >= 0.6 is 11.6 Å². The van der Waals surface area contributed by atoms with Gasteiger partial charge in [0.1, 0.15) is 0 Å². The summed E-state index contributed by atoms with van der Waals surface area (Å²) in [6, 6.07) is 10.0. The van der Waals surface area contributed by atoms with E-state index in [1.807, 2.05) is 33.8 Å². The molecule has 0 atom stereocenters. The third-order valence-electron chi connectivity index (χ3n) is 4.09. The van der Waals surface area contributed by atoms with E-state index in [0.717, 1.165) is 16.7 Å². The van der Waals surface area contributed by atoms with Crippen LogP contribution < -0.4 is 16.0 Å². The first kappa shape index (κ1) is 23.2. The van der Waals surface area contributed by atoms with Crippen LogP contribution in [0.3, 0.4) is 0 Å². The molecule has 0 aliphatic carbocycles. The molecule has 7 nitrogen and oxygen atoms in total. The summed E-state index contributed by atoms with van der Waals surface area (Å²) in [5.74, 6) is -1.09. The van der Waals surface area contributed by atoms with Gasteiger partial charge in [0.2, 0.25) is 0 Å². The van der Waals surface area contributed by atoms with E-state index in [1.165, 1.54) is 0 Å². The number of anilines is 1. The fraction of sp³-hybridized carbons (Fsp3) is 0.318. The molecule has 2 aromatic rings.